The number of hydrogen-bond acceptors (Lipinski definition) is 6. The number of likely N-dealkylation sites (tertiary alicyclic amines) is 1. The van der Waals surface area contributed by atoms with Crippen molar-refractivity contribution in [3.63, 3.8) is 0 Å². The number of amides is 3. The van der Waals surface area contributed by atoms with Crippen molar-refractivity contribution >= 4 is 29.2 Å². The summed E-state index contributed by atoms with van der Waals surface area (Å²) in [5, 5.41) is 9.80. The maximum absolute atomic E-state index is 12.5. The molecule has 0 saturated carbocycles. The third-order valence-electron chi connectivity index (χ3n) is 4.54. The fraction of sp³-hybridized carbons (Fsp3) is 0.444. The summed E-state index contributed by atoms with van der Waals surface area (Å²) in [6.45, 7) is 2.88. The molecule has 1 saturated heterocycles. The maximum atomic E-state index is 12.5. The second kappa shape index (κ2) is 8.92. The van der Waals surface area contributed by atoms with Crippen molar-refractivity contribution in [1.29, 1.82) is 0 Å². The Morgan fingerprint density at radius 2 is 2.11 bits per heavy atom. The Hall–Kier alpha value is -2.81. The topological polar surface area (TPSA) is 110 Å². The van der Waals surface area contributed by atoms with Crippen LogP contribution in [-0.4, -0.2) is 47.2 Å². The summed E-state index contributed by atoms with van der Waals surface area (Å²) >= 11 is 5.99. The molecule has 0 radical (unpaired) electrons. The van der Waals surface area contributed by atoms with E-state index < -0.39 is 0 Å². The number of carbonyl (C=O) groups is 2. The number of aryl methyl sites for hydroxylation is 1. The summed E-state index contributed by atoms with van der Waals surface area (Å²) in [6, 6.07) is 4.77. The van der Waals surface area contributed by atoms with E-state index in [9.17, 15) is 9.59 Å². The number of halogens is 1. The Bertz CT molecular complexity index is 848. The number of rotatable bonds is 5. The molecule has 1 aromatic heterocycles. The van der Waals surface area contributed by atoms with Crippen molar-refractivity contribution in [2.45, 2.75) is 26.3 Å². The number of benzene rings is 1. The Kier molecular flexibility index (Phi) is 6.35. The molecule has 1 fully saturated rings. The molecule has 1 aliphatic rings. The highest BCUT2D eigenvalue weighted by atomic mass is 35.5. The summed E-state index contributed by atoms with van der Waals surface area (Å²) in [4.78, 5) is 30.6. The fourth-order valence-electron chi connectivity index (χ4n) is 3.04. The number of carbonyl (C=O) groups excluding carboxylic acids is 2. The van der Waals surface area contributed by atoms with Crippen molar-refractivity contribution in [3.8, 4) is 5.75 Å². The van der Waals surface area contributed by atoms with Crippen molar-refractivity contribution < 1.29 is 18.8 Å². The van der Waals surface area contributed by atoms with Gasteiger partial charge < -0.3 is 24.8 Å². The SMILES string of the molecule is COc1ccc(Cl)cc1NC(=O)N1CCC(C(=O)NCc2nc(C)no2)CC1. The van der Waals surface area contributed by atoms with Crippen molar-refractivity contribution in [3.05, 3.63) is 34.9 Å². The van der Waals surface area contributed by atoms with Crippen LogP contribution in [-0.2, 0) is 11.3 Å². The van der Waals surface area contributed by atoms with Crippen LogP contribution in [0.5, 0.6) is 5.75 Å². The van der Waals surface area contributed by atoms with E-state index in [0.717, 1.165) is 0 Å². The Morgan fingerprint density at radius 3 is 2.75 bits per heavy atom. The maximum Gasteiger partial charge on any atom is 0.321 e. The van der Waals surface area contributed by atoms with Crippen LogP contribution in [0.4, 0.5) is 10.5 Å². The number of hydrogen-bond donors (Lipinski definition) is 2. The molecule has 1 aliphatic heterocycles. The summed E-state index contributed by atoms with van der Waals surface area (Å²) in [7, 11) is 1.53. The van der Waals surface area contributed by atoms with Crippen LogP contribution < -0.4 is 15.4 Å². The van der Waals surface area contributed by atoms with Gasteiger partial charge in [-0.25, -0.2) is 4.79 Å². The minimum atomic E-state index is -0.249. The fourth-order valence-corrected chi connectivity index (χ4v) is 3.21. The first-order valence-corrected chi connectivity index (χ1v) is 9.30. The summed E-state index contributed by atoms with van der Waals surface area (Å²) < 4.78 is 10.2. The second-order valence-corrected chi connectivity index (χ2v) is 6.93. The molecule has 0 aliphatic carbocycles. The predicted octanol–water partition coefficient (Wildman–Crippen LogP) is 2.60. The molecule has 10 heteroatoms. The Morgan fingerprint density at radius 1 is 1.36 bits per heavy atom. The van der Waals surface area contributed by atoms with Crippen molar-refractivity contribution in [2.24, 2.45) is 5.92 Å². The van der Waals surface area contributed by atoms with E-state index in [1.54, 1.807) is 30.0 Å². The van der Waals surface area contributed by atoms with Crippen LogP contribution in [0.1, 0.15) is 24.6 Å². The first kappa shape index (κ1) is 19.9. The number of urea groups is 1. The van der Waals surface area contributed by atoms with Gasteiger partial charge in [0.15, 0.2) is 5.82 Å². The molecular formula is C18H22ClN5O4. The van der Waals surface area contributed by atoms with E-state index in [-0.39, 0.29) is 24.4 Å². The average molecular weight is 408 g/mol. The number of methoxy groups -OCH3 is 1. The van der Waals surface area contributed by atoms with Crippen LogP contribution in [0.25, 0.3) is 0 Å². The molecule has 150 valence electrons. The van der Waals surface area contributed by atoms with E-state index in [4.69, 9.17) is 20.9 Å². The number of nitrogens with zero attached hydrogens (tertiary/aromatic N) is 3. The lowest BCUT2D eigenvalue weighted by Gasteiger charge is -2.31. The minimum Gasteiger partial charge on any atom is -0.495 e. The zero-order valence-corrected chi connectivity index (χ0v) is 16.5. The van der Waals surface area contributed by atoms with Gasteiger partial charge in [-0.2, -0.15) is 4.98 Å². The van der Waals surface area contributed by atoms with E-state index in [0.29, 0.717) is 54.1 Å². The van der Waals surface area contributed by atoms with Crippen LogP contribution >= 0.6 is 11.6 Å². The van der Waals surface area contributed by atoms with Crippen LogP contribution in [0.2, 0.25) is 5.02 Å². The van der Waals surface area contributed by atoms with E-state index in [1.807, 2.05) is 0 Å². The van der Waals surface area contributed by atoms with Gasteiger partial charge >= 0.3 is 6.03 Å². The zero-order valence-electron chi connectivity index (χ0n) is 15.7. The lowest BCUT2D eigenvalue weighted by molar-refractivity contribution is -0.126. The molecule has 28 heavy (non-hydrogen) atoms. The highest BCUT2D eigenvalue weighted by Gasteiger charge is 2.28. The molecule has 9 nitrogen and oxygen atoms in total. The van der Waals surface area contributed by atoms with Gasteiger partial charge in [0.1, 0.15) is 5.75 Å². The summed E-state index contributed by atoms with van der Waals surface area (Å²) in [5.41, 5.74) is 0.509. The van der Waals surface area contributed by atoms with Gasteiger partial charge in [-0.15, -0.1) is 0 Å². The normalized spacial score (nSPS) is 14.6. The molecule has 3 amide bonds. The Balaban J connectivity index is 1.48. The minimum absolute atomic E-state index is 0.0765. The van der Waals surface area contributed by atoms with E-state index >= 15 is 0 Å². The summed E-state index contributed by atoms with van der Waals surface area (Å²) in [5.74, 6) is 1.20. The van der Waals surface area contributed by atoms with Gasteiger partial charge in [0.2, 0.25) is 11.8 Å². The first-order valence-electron chi connectivity index (χ1n) is 8.92. The van der Waals surface area contributed by atoms with Crippen LogP contribution in [0.15, 0.2) is 22.7 Å². The standard InChI is InChI=1S/C18H22ClN5O4/c1-11-21-16(28-23-11)10-20-17(25)12-5-7-24(8-6-12)18(26)22-14-9-13(19)3-4-15(14)27-2/h3-4,9,12H,5-8,10H2,1-2H3,(H,20,25)(H,22,26). The highest BCUT2D eigenvalue weighted by Crippen LogP contribution is 2.28. The van der Waals surface area contributed by atoms with Gasteiger partial charge in [-0.1, -0.05) is 16.8 Å². The smallest absolute Gasteiger partial charge is 0.321 e. The van der Waals surface area contributed by atoms with E-state index in [2.05, 4.69) is 20.8 Å². The largest absolute Gasteiger partial charge is 0.495 e. The molecule has 2 heterocycles. The van der Waals surface area contributed by atoms with Crippen LogP contribution in [0, 0.1) is 12.8 Å². The average Bonchev–Trinajstić information content (AvgIpc) is 3.11. The molecule has 2 N–H and O–H groups in total. The molecule has 2 aromatic rings. The summed E-state index contributed by atoms with van der Waals surface area (Å²) in [6.07, 6.45) is 1.16. The zero-order chi connectivity index (χ0) is 20.1. The number of anilines is 1. The first-order chi connectivity index (χ1) is 13.5. The molecule has 0 spiro atoms. The monoisotopic (exact) mass is 407 g/mol. The number of nitrogens with one attached hydrogen (secondary N) is 2. The third kappa shape index (κ3) is 4.92. The molecule has 3 rings (SSSR count). The molecule has 0 bridgehead atoms. The Labute approximate surface area is 167 Å². The lowest BCUT2D eigenvalue weighted by Crippen LogP contribution is -2.44. The van der Waals surface area contributed by atoms with Gasteiger partial charge in [-0.05, 0) is 38.0 Å². The second-order valence-electron chi connectivity index (χ2n) is 6.49. The van der Waals surface area contributed by atoms with Crippen molar-refractivity contribution in [2.75, 3.05) is 25.5 Å². The quantitative estimate of drug-likeness (QED) is 0.788. The number of piperidine rings is 1. The predicted molar refractivity (Wildman–Crippen MR) is 102 cm³/mol. The molecule has 1 aromatic carbocycles. The highest BCUT2D eigenvalue weighted by molar-refractivity contribution is 6.31. The molecule has 0 atom stereocenters. The van der Waals surface area contributed by atoms with E-state index in [1.165, 1.54) is 7.11 Å². The molecule has 0 unspecified atom stereocenters. The van der Waals surface area contributed by atoms with Gasteiger partial charge in [-0.3, -0.25) is 4.79 Å². The van der Waals surface area contributed by atoms with Gasteiger partial charge in [0.25, 0.3) is 0 Å². The number of aromatic nitrogens is 2. The van der Waals surface area contributed by atoms with Gasteiger partial charge in [0.05, 0.1) is 19.3 Å². The van der Waals surface area contributed by atoms with Crippen molar-refractivity contribution in [1.82, 2.24) is 20.4 Å². The van der Waals surface area contributed by atoms with Gasteiger partial charge in [0, 0.05) is 24.0 Å². The van der Waals surface area contributed by atoms with Crippen LogP contribution in [0.3, 0.4) is 0 Å². The number of ether oxygens (including phenoxy) is 1. The third-order valence-corrected chi connectivity index (χ3v) is 4.77. The lowest BCUT2D eigenvalue weighted by atomic mass is 9.96. The molecular weight excluding hydrogens is 386 g/mol.